The van der Waals surface area contributed by atoms with Crippen molar-refractivity contribution >= 4 is 18.4 Å². The second-order valence-corrected chi connectivity index (χ2v) is 18.4. The van der Waals surface area contributed by atoms with Gasteiger partial charge in [0, 0.05) is 44.5 Å². The molecule has 0 unspecified atom stereocenters. The molecule has 0 radical (unpaired) electrons. The lowest BCUT2D eigenvalue weighted by Crippen LogP contribution is -2.61. The van der Waals surface area contributed by atoms with Crippen LogP contribution in [0.4, 0.5) is 4.79 Å². The van der Waals surface area contributed by atoms with Gasteiger partial charge in [0.05, 0.1) is 48.1 Å². The molecular weight excluding hydrogens is 756 g/mol. The van der Waals surface area contributed by atoms with Crippen LogP contribution in [-0.2, 0) is 52.2 Å². The lowest BCUT2D eigenvalue weighted by molar-refractivity contribution is -0.320. The third kappa shape index (κ3) is 10.7. The fourth-order valence-corrected chi connectivity index (χ4v) is 9.89. The van der Waals surface area contributed by atoms with E-state index in [4.69, 9.17) is 42.6 Å². The largest absolute Gasteiger partial charge is 0.509 e. The number of aldehydes is 1. The second-order valence-electron chi connectivity index (χ2n) is 18.4. The van der Waals surface area contributed by atoms with Crippen LogP contribution in [0.15, 0.2) is 0 Å². The van der Waals surface area contributed by atoms with Gasteiger partial charge in [0.25, 0.3) is 0 Å². The number of aliphatic hydroxyl groups excluding tert-OH is 1. The van der Waals surface area contributed by atoms with Crippen LogP contribution in [0.3, 0.4) is 0 Å². The Hall–Kier alpha value is -1.99. The molecule has 0 aromatic rings. The molecule has 0 aromatic carbocycles. The van der Waals surface area contributed by atoms with Gasteiger partial charge in [-0.3, -0.25) is 9.69 Å². The first-order valence-electron chi connectivity index (χ1n) is 21.1. The third-order valence-corrected chi connectivity index (χ3v) is 13.2. The maximum absolute atomic E-state index is 14.6. The minimum absolute atomic E-state index is 0.126. The number of esters is 1. The lowest BCUT2D eigenvalue weighted by Gasteiger charge is -2.49. The van der Waals surface area contributed by atoms with Crippen molar-refractivity contribution in [2.75, 3.05) is 41.4 Å². The third-order valence-electron chi connectivity index (χ3n) is 13.2. The average molecular weight is 831 g/mol. The summed E-state index contributed by atoms with van der Waals surface area (Å²) in [6, 6.07) is -0.636. The van der Waals surface area contributed by atoms with E-state index in [0.717, 1.165) is 6.29 Å². The van der Waals surface area contributed by atoms with Gasteiger partial charge in [-0.25, -0.2) is 4.79 Å². The van der Waals surface area contributed by atoms with Crippen molar-refractivity contribution in [1.82, 2.24) is 9.80 Å². The minimum atomic E-state index is -1.56. The standard InChI is InChI=1S/C42H74N2O14/c1-15-30-42(10)35(57-39(48)58-42)27(6)44(13)22-23(2)20-40(8,49)34(56-38-32(46)29(43(11)12)19-24(3)52-38)25(4)33(26(5)37(47)54-30)55-31-21-41(9,50-14)36(28(7)53-31)51-18-16-17-45/h17,23-36,38,46,49H,15-16,18-22H2,1-14H3/t23-,24-,25+,26-,27-,28+,29+,30-,31+,32-,33+,34-,35-,36+,38+,40-,41-,42-/m1/s1. The van der Waals surface area contributed by atoms with Gasteiger partial charge in [-0.2, -0.15) is 0 Å². The Morgan fingerprint density at radius 2 is 1.66 bits per heavy atom. The Morgan fingerprint density at radius 3 is 2.26 bits per heavy atom. The fraction of sp³-hybridized carbons (Fsp3) is 0.929. The average Bonchev–Trinajstić information content (AvgIpc) is 3.46. The van der Waals surface area contributed by atoms with E-state index >= 15 is 0 Å². The Kier molecular flexibility index (Phi) is 16.6. The number of methoxy groups -OCH3 is 1. The van der Waals surface area contributed by atoms with E-state index in [1.54, 1.807) is 27.9 Å². The van der Waals surface area contributed by atoms with E-state index < -0.39 is 96.1 Å². The first kappa shape index (κ1) is 48.7. The molecule has 2 N–H and O–H groups in total. The molecule has 0 amide bonds. The summed E-state index contributed by atoms with van der Waals surface area (Å²) in [4.78, 5) is 42.4. The van der Waals surface area contributed by atoms with Gasteiger partial charge >= 0.3 is 12.1 Å². The highest BCUT2D eigenvalue weighted by atomic mass is 16.8. The van der Waals surface area contributed by atoms with Crippen molar-refractivity contribution in [1.29, 1.82) is 0 Å². The zero-order chi connectivity index (χ0) is 43.5. The summed E-state index contributed by atoms with van der Waals surface area (Å²) >= 11 is 0. The summed E-state index contributed by atoms with van der Waals surface area (Å²) in [6.45, 7) is 19.1. The van der Waals surface area contributed by atoms with E-state index in [0.29, 0.717) is 19.4 Å². The molecule has 16 heteroatoms. The van der Waals surface area contributed by atoms with Crippen LogP contribution in [0.25, 0.3) is 0 Å². The van der Waals surface area contributed by atoms with Crippen molar-refractivity contribution in [2.24, 2.45) is 17.8 Å². The van der Waals surface area contributed by atoms with Crippen LogP contribution in [0.1, 0.15) is 101 Å². The normalized spacial score (nSPS) is 46.3. The second kappa shape index (κ2) is 19.8. The summed E-state index contributed by atoms with van der Waals surface area (Å²) in [5.41, 5.74) is -3.78. The smallest absolute Gasteiger partial charge is 0.458 e. The minimum Gasteiger partial charge on any atom is -0.458 e. The van der Waals surface area contributed by atoms with Crippen LogP contribution >= 0.6 is 0 Å². The number of hydrogen-bond donors (Lipinski definition) is 2. The zero-order valence-electron chi connectivity index (χ0n) is 37.4. The molecule has 4 aliphatic heterocycles. The number of likely N-dealkylation sites (N-methyl/N-ethyl adjacent to an activating group) is 2. The van der Waals surface area contributed by atoms with E-state index in [1.807, 2.05) is 74.5 Å². The van der Waals surface area contributed by atoms with Crippen molar-refractivity contribution in [2.45, 2.75) is 192 Å². The van der Waals surface area contributed by atoms with E-state index in [2.05, 4.69) is 4.90 Å². The number of nitrogens with zero attached hydrogens (tertiary/aromatic N) is 2. The molecule has 0 spiro atoms. The monoisotopic (exact) mass is 831 g/mol. The number of fused-ring (bicyclic) bond motifs is 1. The quantitative estimate of drug-likeness (QED) is 0.175. The van der Waals surface area contributed by atoms with Crippen LogP contribution in [0.5, 0.6) is 0 Å². The molecule has 4 aliphatic rings. The molecule has 16 nitrogen and oxygen atoms in total. The van der Waals surface area contributed by atoms with Crippen molar-refractivity contribution in [3.05, 3.63) is 0 Å². The molecule has 0 aliphatic carbocycles. The number of hydrogen-bond acceptors (Lipinski definition) is 16. The van der Waals surface area contributed by atoms with Crippen molar-refractivity contribution in [3.63, 3.8) is 0 Å². The number of ether oxygens (including phenoxy) is 9. The molecule has 0 aromatic heterocycles. The van der Waals surface area contributed by atoms with E-state index in [9.17, 15) is 24.6 Å². The molecule has 4 saturated heterocycles. The SMILES string of the molecule is CC[C@H]1OC(=O)[C@H](C)[C@@H](O[C@H]2C[C@@](C)(OC)[C@@H](OCCC=O)[C@H](C)O2)[C@H](C)[C@@H](O[C@@H]2O[C@H](C)C[C@H](N(C)C)[C@H]2O)[C@](C)(O)C[C@@H](C)CN(C)[C@H](C)[C@H]2OC(=O)O[C@@]21C. The molecule has 0 saturated carbocycles. The van der Waals surface area contributed by atoms with Crippen molar-refractivity contribution < 1.29 is 67.2 Å². The maximum atomic E-state index is 14.6. The van der Waals surface area contributed by atoms with Gasteiger partial charge < -0.3 is 62.5 Å². The predicted molar refractivity (Wildman–Crippen MR) is 212 cm³/mol. The van der Waals surface area contributed by atoms with Gasteiger partial charge in [-0.1, -0.05) is 20.8 Å². The Labute approximate surface area is 345 Å². The Morgan fingerprint density at radius 1 is 0.983 bits per heavy atom. The number of rotatable bonds is 11. The molecular formula is C42H74N2O14. The molecule has 18 atom stereocenters. The van der Waals surface area contributed by atoms with Crippen LogP contribution in [-0.4, -0.2) is 170 Å². The summed E-state index contributed by atoms with van der Waals surface area (Å²) in [7, 11) is 7.28. The molecule has 4 fully saturated rings. The number of carbonyl (C=O) groups excluding carboxylic acids is 3. The van der Waals surface area contributed by atoms with E-state index in [-0.39, 0.29) is 50.0 Å². The summed E-state index contributed by atoms with van der Waals surface area (Å²) in [5, 5.41) is 24.3. The van der Waals surface area contributed by atoms with Gasteiger partial charge in [-0.05, 0) is 94.8 Å². The highest BCUT2D eigenvalue weighted by molar-refractivity contribution is 5.73. The first-order valence-corrected chi connectivity index (χ1v) is 21.1. The summed E-state index contributed by atoms with van der Waals surface area (Å²) < 4.78 is 56.5. The number of aliphatic hydroxyl groups is 2. The van der Waals surface area contributed by atoms with Gasteiger partial charge in [0.2, 0.25) is 0 Å². The topological polar surface area (TPSA) is 181 Å². The van der Waals surface area contributed by atoms with Gasteiger partial charge in [0.15, 0.2) is 24.3 Å². The van der Waals surface area contributed by atoms with Crippen LogP contribution < -0.4 is 0 Å². The molecule has 58 heavy (non-hydrogen) atoms. The van der Waals surface area contributed by atoms with Crippen LogP contribution in [0.2, 0.25) is 0 Å². The summed E-state index contributed by atoms with van der Waals surface area (Å²) in [6.07, 6.45) is -6.62. The molecule has 4 rings (SSSR count). The summed E-state index contributed by atoms with van der Waals surface area (Å²) in [5.74, 6) is -2.49. The highest BCUT2D eigenvalue weighted by Crippen LogP contribution is 2.42. The number of cyclic esters (lactones) is 1. The first-order chi connectivity index (χ1) is 27.0. The molecule has 4 heterocycles. The predicted octanol–water partition coefficient (Wildman–Crippen LogP) is 3.70. The molecule has 0 bridgehead atoms. The zero-order valence-corrected chi connectivity index (χ0v) is 37.4. The van der Waals surface area contributed by atoms with Crippen LogP contribution in [0, 0.1) is 17.8 Å². The van der Waals surface area contributed by atoms with Gasteiger partial charge in [-0.15, -0.1) is 0 Å². The number of carbonyl (C=O) groups is 3. The van der Waals surface area contributed by atoms with Gasteiger partial charge in [0.1, 0.15) is 24.6 Å². The van der Waals surface area contributed by atoms with E-state index in [1.165, 1.54) is 0 Å². The molecule has 336 valence electrons. The maximum Gasteiger partial charge on any atom is 0.509 e. The Bertz CT molecular complexity index is 1370. The fourth-order valence-electron chi connectivity index (χ4n) is 9.89. The highest BCUT2D eigenvalue weighted by Gasteiger charge is 2.58. The van der Waals surface area contributed by atoms with Crippen molar-refractivity contribution in [3.8, 4) is 0 Å². The Balaban J connectivity index is 1.82. The lowest BCUT2D eigenvalue weighted by atomic mass is 9.77.